The van der Waals surface area contributed by atoms with Gasteiger partial charge in [-0.3, -0.25) is 14.5 Å². The fraction of sp³-hybridized carbons (Fsp3) is 0.500. The Hall–Kier alpha value is -2.44. The van der Waals surface area contributed by atoms with Crippen molar-refractivity contribution in [1.82, 2.24) is 15.5 Å². The lowest BCUT2D eigenvalue weighted by Gasteiger charge is -2.23. The van der Waals surface area contributed by atoms with Gasteiger partial charge >= 0.3 is 6.03 Å². The molecule has 1 aliphatic rings. The zero-order chi connectivity index (χ0) is 18.6. The lowest BCUT2D eigenvalue weighted by molar-refractivity contribution is -0.135. The predicted octanol–water partition coefficient (Wildman–Crippen LogP) is 1.84. The van der Waals surface area contributed by atoms with Crippen molar-refractivity contribution in [1.29, 1.82) is 0 Å². The lowest BCUT2D eigenvalue weighted by Crippen LogP contribution is -2.46. The number of nitrogens with one attached hydrogen (secondary N) is 2. The Morgan fingerprint density at radius 2 is 1.92 bits per heavy atom. The van der Waals surface area contributed by atoms with E-state index in [1.807, 2.05) is 13.8 Å². The van der Waals surface area contributed by atoms with Gasteiger partial charge < -0.3 is 10.6 Å². The number of amides is 4. The van der Waals surface area contributed by atoms with Crippen LogP contribution < -0.4 is 10.6 Å². The summed E-state index contributed by atoms with van der Waals surface area (Å²) in [5.41, 5.74) is -0.0687. The summed E-state index contributed by atoms with van der Waals surface area (Å²) >= 11 is 0. The lowest BCUT2D eigenvalue weighted by atomic mass is 9.91. The Morgan fingerprint density at radius 1 is 1.28 bits per heavy atom. The molecular weight excluding hydrogens is 325 g/mol. The monoisotopic (exact) mass is 349 g/mol. The molecule has 1 atom stereocenters. The Morgan fingerprint density at radius 3 is 2.52 bits per heavy atom. The van der Waals surface area contributed by atoms with E-state index in [1.165, 1.54) is 12.1 Å². The minimum Gasteiger partial charge on any atom is -0.354 e. The Labute approximate surface area is 146 Å². The van der Waals surface area contributed by atoms with Gasteiger partial charge in [0.2, 0.25) is 5.91 Å². The Kier molecular flexibility index (Phi) is 5.77. The van der Waals surface area contributed by atoms with Crippen LogP contribution in [0.2, 0.25) is 0 Å². The first-order valence-corrected chi connectivity index (χ1v) is 8.36. The minimum atomic E-state index is -0.959. The molecule has 25 heavy (non-hydrogen) atoms. The van der Waals surface area contributed by atoms with Crippen LogP contribution in [-0.4, -0.2) is 41.4 Å². The molecule has 1 heterocycles. The molecule has 1 fully saturated rings. The van der Waals surface area contributed by atoms with Crippen LogP contribution in [0.25, 0.3) is 0 Å². The normalized spacial score (nSPS) is 20.1. The van der Waals surface area contributed by atoms with Gasteiger partial charge in [0.15, 0.2) is 0 Å². The molecule has 0 spiro atoms. The van der Waals surface area contributed by atoms with Gasteiger partial charge in [0.25, 0.3) is 5.91 Å². The fourth-order valence-corrected chi connectivity index (χ4v) is 3.04. The van der Waals surface area contributed by atoms with Gasteiger partial charge in [0, 0.05) is 6.54 Å². The van der Waals surface area contributed by atoms with Gasteiger partial charge in [-0.2, -0.15) is 0 Å². The van der Waals surface area contributed by atoms with Gasteiger partial charge in [-0.15, -0.1) is 0 Å². The first-order chi connectivity index (χ1) is 11.7. The van der Waals surface area contributed by atoms with E-state index in [0.717, 1.165) is 10.5 Å². The number of nitrogens with zero attached hydrogens (tertiary/aromatic N) is 1. The molecule has 1 aliphatic heterocycles. The molecule has 7 heteroatoms. The summed E-state index contributed by atoms with van der Waals surface area (Å²) in [5.74, 6) is -0.853. The first-order valence-electron chi connectivity index (χ1n) is 8.36. The summed E-state index contributed by atoms with van der Waals surface area (Å²) in [6.45, 7) is 5.66. The summed E-state index contributed by atoms with van der Waals surface area (Å²) in [4.78, 5) is 37.5. The molecule has 136 valence electrons. The zero-order valence-corrected chi connectivity index (χ0v) is 14.8. The van der Waals surface area contributed by atoms with Crippen LogP contribution in [0.15, 0.2) is 24.3 Å². The average Bonchev–Trinajstić information content (AvgIpc) is 2.71. The number of benzene rings is 1. The first kappa shape index (κ1) is 18.9. The maximum absolute atomic E-state index is 12.8. The molecule has 1 unspecified atom stereocenters. The number of rotatable bonds is 7. The highest BCUT2D eigenvalue weighted by atomic mass is 19.1. The molecule has 1 saturated heterocycles. The second-order valence-corrected chi connectivity index (χ2v) is 6.98. The van der Waals surface area contributed by atoms with E-state index in [0.29, 0.717) is 19.4 Å². The summed E-state index contributed by atoms with van der Waals surface area (Å²) in [7, 11) is 0. The van der Waals surface area contributed by atoms with Crippen molar-refractivity contribution in [3.05, 3.63) is 35.6 Å². The van der Waals surface area contributed by atoms with E-state index in [1.54, 1.807) is 19.1 Å². The summed E-state index contributed by atoms with van der Waals surface area (Å²) in [5, 5.41) is 5.35. The van der Waals surface area contributed by atoms with E-state index in [4.69, 9.17) is 0 Å². The third-order valence-corrected chi connectivity index (χ3v) is 4.11. The molecule has 0 radical (unpaired) electrons. The van der Waals surface area contributed by atoms with Crippen molar-refractivity contribution in [2.24, 2.45) is 5.92 Å². The molecular formula is C18H24FN3O3. The van der Waals surface area contributed by atoms with Crippen LogP contribution in [0.3, 0.4) is 0 Å². The van der Waals surface area contributed by atoms with Gasteiger partial charge in [-0.25, -0.2) is 9.18 Å². The summed E-state index contributed by atoms with van der Waals surface area (Å²) < 4.78 is 12.8. The van der Waals surface area contributed by atoms with E-state index in [-0.39, 0.29) is 24.2 Å². The molecule has 1 aromatic rings. The molecule has 4 amide bonds. The molecule has 0 saturated carbocycles. The van der Waals surface area contributed by atoms with Crippen LogP contribution in [0.4, 0.5) is 9.18 Å². The van der Waals surface area contributed by atoms with Crippen molar-refractivity contribution in [3.8, 4) is 0 Å². The topological polar surface area (TPSA) is 78.5 Å². The van der Waals surface area contributed by atoms with Crippen molar-refractivity contribution in [2.75, 3.05) is 13.1 Å². The van der Waals surface area contributed by atoms with Crippen molar-refractivity contribution in [3.63, 3.8) is 0 Å². The third kappa shape index (κ3) is 4.78. The predicted molar refractivity (Wildman–Crippen MR) is 91.2 cm³/mol. The summed E-state index contributed by atoms with van der Waals surface area (Å²) in [6.07, 6.45) is 1.05. The van der Waals surface area contributed by atoms with Gasteiger partial charge in [0.1, 0.15) is 17.9 Å². The molecule has 0 aliphatic carbocycles. The van der Waals surface area contributed by atoms with Crippen LogP contribution in [0.5, 0.6) is 0 Å². The van der Waals surface area contributed by atoms with Gasteiger partial charge in [-0.1, -0.05) is 26.0 Å². The smallest absolute Gasteiger partial charge is 0.325 e. The minimum absolute atomic E-state index is 0.235. The SMILES string of the molecule is CC(C)CC1(C)NC(=O)N(CC(=O)NCCc2ccc(F)cc2)C1=O. The highest BCUT2D eigenvalue weighted by Gasteiger charge is 2.48. The Bertz CT molecular complexity index is 660. The fourth-order valence-electron chi connectivity index (χ4n) is 3.04. The number of carbonyl (C=O) groups is 3. The molecule has 0 bridgehead atoms. The number of carbonyl (C=O) groups excluding carboxylic acids is 3. The third-order valence-electron chi connectivity index (χ3n) is 4.11. The maximum Gasteiger partial charge on any atom is 0.325 e. The van der Waals surface area contributed by atoms with Gasteiger partial charge in [0.05, 0.1) is 0 Å². The van der Waals surface area contributed by atoms with Crippen molar-refractivity contribution < 1.29 is 18.8 Å². The van der Waals surface area contributed by atoms with Crippen LogP contribution in [-0.2, 0) is 16.0 Å². The number of urea groups is 1. The van der Waals surface area contributed by atoms with Crippen LogP contribution in [0, 0.1) is 11.7 Å². The number of hydrogen-bond acceptors (Lipinski definition) is 3. The standard InChI is InChI=1S/C18H24FN3O3/c1-12(2)10-18(3)16(24)22(17(25)21-18)11-15(23)20-9-8-13-4-6-14(19)7-5-13/h4-7,12H,8-11H2,1-3H3,(H,20,23)(H,21,25). The van der Waals surface area contributed by atoms with E-state index in [2.05, 4.69) is 10.6 Å². The largest absolute Gasteiger partial charge is 0.354 e. The van der Waals surface area contributed by atoms with E-state index >= 15 is 0 Å². The van der Waals surface area contributed by atoms with Crippen LogP contribution in [0.1, 0.15) is 32.8 Å². The summed E-state index contributed by atoms with van der Waals surface area (Å²) in [6, 6.07) is 5.48. The van der Waals surface area contributed by atoms with Crippen molar-refractivity contribution >= 4 is 17.8 Å². The van der Waals surface area contributed by atoms with Gasteiger partial charge in [-0.05, 0) is 43.4 Å². The second-order valence-electron chi connectivity index (χ2n) is 6.98. The highest BCUT2D eigenvalue weighted by molar-refractivity contribution is 6.08. The zero-order valence-electron chi connectivity index (χ0n) is 14.8. The van der Waals surface area contributed by atoms with Crippen molar-refractivity contribution in [2.45, 2.75) is 39.2 Å². The average molecular weight is 349 g/mol. The van der Waals surface area contributed by atoms with Crippen LogP contribution >= 0.6 is 0 Å². The Balaban J connectivity index is 1.84. The number of halogens is 1. The maximum atomic E-state index is 12.8. The highest BCUT2D eigenvalue weighted by Crippen LogP contribution is 2.24. The molecule has 6 nitrogen and oxygen atoms in total. The molecule has 0 aromatic heterocycles. The number of imide groups is 1. The second kappa shape index (κ2) is 7.63. The molecule has 2 N–H and O–H groups in total. The van der Waals surface area contributed by atoms with E-state index < -0.39 is 17.5 Å². The number of hydrogen-bond donors (Lipinski definition) is 2. The quantitative estimate of drug-likeness (QED) is 0.737. The molecule has 1 aromatic carbocycles. The molecule has 2 rings (SSSR count). The van der Waals surface area contributed by atoms with E-state index in [9.17, 15) is 18.8 Å².